The normalized spacial score (nSPS) is 19.1. The Labute approximate surface area is 96.3 Å². The minimum atomic E-state index is -0.350. The van der Waals surface area contributed by atoms with Crippen LogP contribution >= 0.6 is 0 Å². The number of hydrogen-bond donors (Lipinski definition) is 1. The van der Waals surface area contributed by atoms with Crippen molar-refractivity contribution >= 4 is 0 Å². The maximum Gasteiger partial charge on any atom is 0.195 e. The molecule has 1 aromatic rings. The molecule has 4 heteroatoms. The molecule has 90 valence electrons. The third-order valence-corrected chi connectivity index (χ3v) is 2.94. The number of nitrogens with zero attached hydrogens (tertiary/aromatic N) is 2. The van der Waals surface area contributed by atoms with Crippen molar-refractivity contribution in [2.24, 2.45) is 0 Å². The molecule has 1 saturated heterocycles. The number of aromatic nitrogens is 1. The molecular formula is C12H20N2O2. The molecular weight excluding hydrogens is 204 g/mol. The molecule has 0 bridgehead atoms. The summed E-state index contributed by atoms with van der Waals surface area (Å²) in [6.45, 7) is 5.22. The SMILES string of the molecule is CC(O)Cc1coc(CCN2CCCC2)n1. The van der Waals surface area contributed by atoms with Gasteiger partial charge in [0.15, 0.2) is 5.89 Å². The lowest BCUT2D eigenvalue weighted by Gasteiger charge is -2.12. The third-order valence-electron chi connectivity index (χ3n) is 2.94. The summed E-state index contributed by atoms with van der Waals surface area (Å²) in [4.78, 5) is 6.80. The lowest BCUT2D eigenvalue weighted by atomic mass is 10.2. The van der Waals surface area contributed by atoms with Gasteiger partial charge in [-0.15, -0.1) is 0 Å². The van der Waals surface area contributed by atoms with Gasteiger partial charge >= 0.3 is 0 Å². The average Bonchev–Trinajstić information content (AvgIpc) is 2.84. The summed E-state index contributed by atoms with van der Waals surface area (Å²) in [6.07, 6.45) is 5.40. The van der Waals surface area contributed by atoms with E-state index in [0.29, 0.717) is 6.42 Å². The molecule has 16 heavy (non-hydrogen) atoms. The van der Waals surface area contributed by atoms with Crippen molar-refractivity contribution in [2.45, 2.75) is 38.7 Å². The van der Waals surface area contributed by atoms with Gasteiger partial charge < -0.3 is 14.4 Å². The smallest absolute Gasteiger partial charge is 0.195 e. The number of aliphatic hydroxyl groups excluding tert-OH is 1. The van der Waals surface area contributed by atoms with E-state index in [1.54, 1.807) is 13.2 Å². The molecule has 0 spiro atoms. The Morgan fingerprint density at radius 1 is 1.50 bits per heavy atom. The van der Waals surface area contributed by atoms with Gasteiger partial charge in [0.2, 0.25) is 0 Å². The number of rotatable bonds is 5. The lowest BCUT2D eigenvalue weighted by molar-refractivity contribution is 0.194. The highest BCUT2D eigenvalue weighted by atomic mass is 16.3. The van der Waals surface area contributed by atoms with Gasteiger partial charge in [0.1, 0.15) is 6.26 Å². The molecule has 0 aromatic carbocycles. The number of oxazole rings is 1. The predicted octanol–water partition coefficient (Wildman–Crippen LogP) is 1.24. The fourth-order valence-corrected chi connectivity index (χ4v) is 2.12. The van der Waals surface area contributed by atoms with Crippen molar-refractivity contribution in [3.8, 4) is 0 Å². The second kappa shape index (κ2) is 5.46. The maximum atomic E-state index is 9.23. The molecule has 1 unspecified atom stereocenters. The zero-order valence-electron chi connectivity index (χ0n) is 9.85. The standard InChI is InChI=1S/C12H20N2O2/c1-10(15)8-11-9-16-12(13-11)4-7-14-5-2-3-6-14/h9-10,15H,2-8H2,1H3. The van der Waals surface area contributed by atoms with Crippen LogP contribution in [0.5, 0.6) is 0 Å². The van der Waals surface area contributed by atoms with Gasteiger partial charge in [0.05, 0.1) is 11.8 Å². The van der Waals surface area contributed by atoms with E-state index in [1.807, 2.05) is 0 Å². The molecule has 1 fully saturated rings. The topological polar surface area (TPSA) is 49.5 Å². The van der Waals surface area contributed by atoms with E-state index >= 15 is 0 Å². The maximum absolute atomic E-state index is 9.23. The Morgan fingerprint density at radius 2 is 2.25 bits per heavy atom. The van der Waals surface area contributed by atoms with E-state index in [4.69, 9.17) is 4.42 Å². The molecule has 1 aromatic heterocycles. The van der Waals surface area contributed by atoms with Crippen molar-refractivity contribution in [1.29, 1.82) is 0 Å². The van der Waals surface area contributed by atoms with Gasteiger partial charge in [0.25, 0.3) is 0 Å². The minimum Gasteiger partial charge on any atom is -0.449 e. The lowest BCUT2D eigenvalue weighted by Crippen LogP contribution is -2.22. The Hall–Kier alpha value is -0.870. The summed E-state index contributed by atoms with van der Waals surface area (Å²) in [7, 11) is 0. The highest BCUT2D eigenvalue weighted by Crippen LogP contribution is 2.10. The molecule has 1 aliphatic heterocycles. The van der Waals surface area contributed by atoms with Crippen LogP contribution in [-0.4, -0.2) is 40.7 Å². The van der Waals surface area contributed by atoms with Gasteiger partial charge in [-0.2, -0.15) is 0 Å². The predicted molar refractivity (Wildman–Crippen MR) is 61.3 cm³/mol. The Balaban J connectivity index is 1.78. The van der Waals surface area contributed by atoms with Gasteiger partial charge in [-0.25, -0.2) is 4.98 Å². The van der Waals surface area contributed by atoms with E-state index in [0.717, 1.165) is 24.6 Å². The molecule has 4 nitrogen and oxygen atoms in total. The van der Waals surface area contributed by atoms with Crippen LogP contribution in [0, 0.1) is 0 Å². The molecule has 1 N–H and O–H groups in total. The van der Waals surface area contributed by atoms with Crippen LogP contribution in [-0.2, 0) is 12.8 Å². The molecule has 0 saturated carbocycles. The Kier molecular flexibility index (Phi) is 3.96. The zero-order chi connectivity index (χ0) is 11.4. The fourth-order valence-electron chi connectivity index (χ4n) is 2.12. The Morgan fingerprint density at radius 3 is 2.94 bits per heavy atom. The first-order valence-electron chi connectivity index (χ1n) is 6.08. The largest absolute Gasteiger partial charge is 0.449 e. The van der Waals surface area contributed by atoms with E-state index in [1.165, 1.54) is 25.9 Å². The molecule has 1 aliphatic rings. The number of likely N-dealkylation sites (tertiary alicyclic amines) is 1. The molecule has 0 radical (unpaired) electrons. The fraction of sp³-hybridized carbons (Fsp3) is 0.750. The van der Waals surface area contributed by atoms with Crippen LogP contribution in [0.25, 0.3) is 0 Å². The van der Waals surface area contributed by atoms with Crippen LogP contribution in [0.3, 0.4) is 0 Å². The summed E-state index contributed by atoms with van der Waals surface area (Å²) >= 11 is 0. The second-order valence-electron chi connectivity index (χ2n) is 4.58. The van der Waals surface area contributed by atoms with Gasteiger partial charge in [-0.05, 0) is 32.9 Å². The highest BCUT2D eigenvalue weighted by Gasteiger charge is 2.13. The molecule has 0 amide bonds. The molecule has 0 aliphatic carbocycles. The van der Waals surface area contributed by atoms with E-state index in [9.17, 15) is 5.11 Å². The molecule has 2 rings (SSSR count). The van der Waals surface area contributed by atoms with Crippen LogP contribution in [0.15, 0.2) is 10.7 Å². The summed E-state index contributed by atoms with van der Waals surface area (Å²) < 4.78 is 5.38. The zero-order valence-corrected chi connectivity index (χ0v) is 9.85. The van der Waals surface area contributed by atoms with Crippen molar-refractivity contribution < 1.29 is 9.52 Å². The van der Waals surface area contributed by atoms with Crippen LogP contribution in [0.2, 0.25) is 0 Å². The molecule has 1 atom stereocenters. The van der Waals surface area contributed by atoms with Crippen molar-refractivity contribution in [3.05, 3.63) is 17.8 Å². The van der Waals surface area contributed by atoms with E-state index < -0.39 is 0 Å². The van der Waals surface area contributed by atoms with Gasteiger partial charge in [0, 0.05) is 19.4 Å². The van der Waals surface area contributed by atoms with Crippen molar-refractivity contribution in [1.82, 2.24) is 9.88 Å². The first kappa shape index (κ1) is 11.6. The van der Waals surface area contributed by atoms with E-state index in [2.05, 4.69) is 9.88 Å². The van der Waals surface area contributed by atoms with E-state index in [-0.39, 0.29) is 6.10 Å². The van der Waals surface area contributed by atoms with Crippen LogP contribution < -0.4 is 0 Å². The Bertz CT molecular complexity index is 317. The number of aliphatic hydroxyl groups is 1. The highest BCUT2D eigenvalue weighted by molar-refractivity contribution is 4.98. The summed E-state index contributed by atoms with van der Waals surface area (Å²) in [5, 5.41) is 9.23. The van der Waals surface area contributed by atoms with Gasteiger partial charge in [-0.1, -0.05) is 0 Å². The number of hydrogen-bond acceptors (Lipinski definition) is 4. The van der Waals surface area contributed by atoms with Crippen LogP contribution in [0.1, 0.15) is 31.4 Å². The first-order chi connectivity index (χ1) is 7.74. The summed E-state index contributed by atoms with van der Waals surface area (Å²) in [5.74, 6) is 0.794. The van der Waals surface area contributed by atoms with Crippen molar-refractivity contribution in [3.63, 3.8) is 0 Å². The minimum absolute atomic E-state index is 0.350. The second-order valence-corrected chi connectivity index (χ2v) is 4.58. The average molecular weight is 224 g/mol. The summed E-state index contributed by atoms with van der Waals surface area (Å²) in [6, 6.07) is 0. The van der Waals surface area contributed by atoms with Gasteiger partial charge in [-0.3, -0.25) is 0 Å². The summed E-state index contributed by atoms with van der Waals surface area (Å²) in [5.41, 5.74) is 0.853. The molecule has 2 heterocycles. The van der Waals surface area contributed by atoms with Crippen molar-refractivity contribution in [2.75, 3.05) is 19.6 Å². The first-order valence-corrected chi connectivity index (χ1v) is 6.08. The quantitative estimate of drug-likeness (QED) is 0.817. The third kappa shape index (κ3) is 3.32. The van der Waals surface area contributed by atoms with Crippen LogP contribution in [0.4, 0.5) is 0 Å². The monoisotopic (exact) mass is 224 g/mol.